The summed E-state index contributed by atoms with van der Waals surface area (Å²) in [7, 11) is 0. The maximum Gasteiger partial charge on any atom is 0.317 e. The molecule has 1 aliphatic heterocycles. The van der Waals surface area contributed by atoms with E-state index in [1.165, 1.54) is 19.3 Å². The van der Waals surface area contributed by atoms with Gasteiger partial charge in [0.15, 0.2) is 0 Å². The van der Waals surface area contributed by atoms with Crippen LogP contribution in [0.25, 0.3) is 0 Å². The van der Waals surface area contributed by atoms with E-state index in [1.54, 1.807) is 0 Å². The number of aliphatic carboxylic acids is 1. The summed E-state index contributed by atoms with van der Waals surface area (Å²) in [6.45, 7) is 1.28. The van der Waals surface area contributed by atoms with E-state index in [9.17, 15) is 4.79 Å². The quantitative estimate of drug-likeness (QED) is 0.633. The third kappa shape index (κ3) is 1.13. The van der Waals surface area contributed by atoms with Gasteiger partial charge in [0.05, 0.1) is 6.54 Å². The molecule has 1 saturated carbocycles. The van der Waals surface area contributed by atoms with Gasteiger partial charge in [-0.25, -0.2) is 0 Å². The normalized spacial score (nSPS) is 36.4. The Morgan fingerprint density at radius 3 is 3.00 bits per heavy atom. The van der Waals surface area contributed by atoms with Crippen LogP contribution in [0, 0.1) is 5.92 Å². The molecule has 1 aliphatic carbocycles. The van der Waals surface area contributed by atoms with Gasteiger partial charge in [-0.15, -0.1) is 0 Å². The van der Waals surface area contributed by atoms with Crippen molar-refractivity contribution < 1.29 is 9.90 Å². The van der Waals surface area contributed by atoms with Gasteiger partial charge in [0, 0.05) is 12.6 Å². The lowest BCUT2D eigenvalue weighted by atomic mass is 9.92. The molecule has 3 heteroatoms. The second-order valence-corrected chi connectivity index (χ2v) is 3.58. The molecule has 0 amide bonds. The fourth-order valence-electron chi connectivity index (χ4n) is 2.37. The maximum atomic E-state index is 10.3. The molecule has 2 aliphatic rings. The van der Waals surface area contributed by atoms with Crippen molar-refractivity contribution in [2.24, 2.45) is 5.92 Å². The maximum absolute atomic E-state index is 10.3. The average molecular weight is 155 g/mol. The van der Waals surface area contributed by atoms with Crippen molar-refractivity contribution in [3.63, 3.8) is 0 Å². The molecule has 0 aromatic rings. The minimum atomic E-state index is -0.685. The molecule has 62 valence electrons. The molecule has 2 fully saturated rings. The molecule has 3 nitrogen and oxygen atoms in total. The van der Waals surface area contributed by atoms with Crippen LogP contribution >= 0.6 is 0 Å². The van der Waals surface area contributed by atoms with Crippen LogP contribution < -0.4 is 0 Å². The Labute approximate surface area is 66.0 Å². The van der Waals surface area contributed by atoms with Gasteiger partial charge in [-0.05, 0) is 18.8 Å². The number of hydrogen-bond acceptors (Lipinski definition) is 2. The molecule has 0 aromatic carbocycles. The SMILES string of the molecule is O=C(O)CN1CC2CCCC21. The van der Waals surface area contributed by atoms with Crippen molar-refractivity contribution in [2.45, 2.75) is 25.3 Å². The fourth-order valence-corrected chi connectivity index (χ4v) is 2.37. The number of hydrogen-bond donors (Lipinski definition) is 1. The van der Waals surface area contributed by atoms with Gasteiger partial charge in [-0.2, -0.15) is 0 Å². The summed E-state index contributed by atoms with van der Waals surface area (Å²) in [5, 5.41) is 8.53. The van der Waals surface area contributed by atoms with Crippen LogP contribution in [0.4, 0.5) is 0 Å². The summed E-state index contributed by atoms with van der Waals surface area (Å²) >= 11 is 0. The zero-order chi connectivity index (χ0) is 7.84. The average Bonchev–Trinajstić information content (AvgIpc) is 2.26. The summed E-state index contributed by atoms with van der Waals surface area (Å²) in [5.41, 5.74) is 0. The highest BCUT2D eigenvalue weighted by Crippen LogP contribution is 2.38. The molecule has 1 saturated heterocycles. The van der Waals surface area contributed by atoms with Gasteiger partial charge in [-0.3, -0.25) is 9.69 Å². The Morgan fingerprint density at radius 2 is 2.36 bits per heavy atom. The lowest BCUT2D eigenvalue weighted by Crippen LogP contribution is -2.54. The monoisotopic (exact) mass is 155 g/mol. The number of rotatable bonds is 2. The predicted molar refractivity (Wildman–Crippen MR) is 40.3 cm³/mol. The Bertz CT molecular complexity index is 181. The molecular weight excluding hydrogens is 142 g/mol. The Balaban J connectivity index is 1.85. The molecule has 0 aromatic heterocycles. The largest absolute Gasteiger partial charge is 0.480 e. The number of carbonyl (C=O) groups is 1. The van der Waals surface area contributed by atoms with Crippen LogP contribution in [0.5, 0.6) is 0 Å². The zero-order valence-electron chi connectivity index (χ0n) is 6.49. The summed E-state index contributed by atoms with van der Waals surface area (Å²) in [6.07, 6.45) is 3.84. The molecular formula is C8H13NO2. The Kier molecular flexibility index (Phi) is 1.60. The molecule has 1 N–H and O–H groups in total. The van der Waals surface area contributed by atoms with E-state index in [-0.39, 0.29) is 6.54 Å². The number of carboxylic acid groups (broad SMARTS) is 1. The van der Waals surface area contributed by atoms with Crippen LogP contribution in [0.1, 0.15) is 19.3 Å². The van der Waals surface area contributed by atoms with Crippen LogP contribution in [0.15, 0.2) is 0 Å². The summed E-state index contributed by atoms with van der Waals surface area (Å²) in [6, 6.07) is 0.617. The smallest absolute Gasteiger partial charge is 0.317 e. The number of nitrogens with zero attached hydrogens (tertiary/aromatic N) is 1. The summed E-state index contributed by atoms with van der Waals surface area (Å²) < 4.78 is 0. The van der Waals surface area contributed by atoms with Crippen LogP contribution in [0.2, 0.25) is 0 Å². The summed E-state index contributed by atoms with van der Waals surface area (Å²) in [4.78, 5) is 12.4. The zero-order valence-corrected chi connectivity index (χ0v) is 6.49. The van der Waals surface area contributed by atoms with Crippen molar-refractivity contribution >= 4 is 5.97 Å². The second-order valence-electron chi connectivity index (χ2n) is 3.58. The van der Waals surface area contributed by atoms with Crippen molar-refractivity contribution in [1.29, 1.82) is 0 Å². The molecule has 2 rings (SSSR count). The molecule has 11 heavy (non-hydrogen) atoms. The van der Waals surface area contributed by atoms with E-state index in [0.717, 1.165) is 12.5 Å². The van der Waals surface area contributed by atoms with Crippen LogP contribution in [0.3, 0.4) is 0 Å². The van der Waals surface area contributed by atoms with Gasteiger partial charge >= 0.3 is 5.97 Å². The van der Waals surface area contributed by atoms with Crippen LogP contribution in [-0.4, -0.2) is 35.1 Å². The summed E-state index contributed by atoms with van der Waals surface area (Å²) in [5.74, 6) is 0.143. The molecule has 0 spiro atoms. The lowest BCUT2D eigenvalue weighted by Gasteiger charge is -2.43. The molecule has 2 atom stereocenters. The van der Waals surface area contributed by atoms with Crippen molar-refractivity contribution in [2.75, 3.05) is 13.1 Å². The first-order chi connectivity index (χ1) is 5.27. The second kappa shape index (κ2) is 2.48. The van der Waals surface area contributed by atoms with E-state index in [4.69, 9.17) is 5.11 Å². The minimum Gasteiger partial charge on any atom is -0.480 e. The van der Waals surface area contributed by atoms with Gasteiger partial charge in [-0.1, -0.05) is 6.42 Å². The highest BCUT2D eigenvalue weighted by Gasteiger charge is 2.42. The molecule has 0 bridgehead atoms. The number of fused-ring (bicyclic) bond motifs is 1. The van der Waals surface area contributed by atoms with Crippen LogP contribution in [-0.2, 0) is 4.79 Å². The third-order valence-electron chi connectivity index (χ3n) is 2.90. The molecule has 2 unspecified atom stereocenters. The van der Waals surface area contributed by atoms with E-state index in [2.05, 4.69) is 4.90 Å². The first-order valence-electron chi connectivity index (χ1n) is 4.23. The van der Waals surface area contributed by atoms with Gasteiger partial charge in [0.25, 0.3) is 0 Å². The molecule has 0 radical (unpaired) electrons. The van der Waals surface area contributed by atoms with Gasteiger partial charge < -0.3 is 5.11 Å². The minimum absolute atomic E-state index is 0.251. The van der Waals surface area contributed by atoms with E-state index in [1.807, 2.05) is 0 Å². The number of carboxylic acids is 1. The van der Waals surface area contributed by atoms with E-state index >= 15 is 0 Å². The van der Waals surface area contributed by atoms with Gasteiger partial charge in [0.1, 0.15) is 0 Å². The Morgan fingerprint density at radius 1 is 1.55 bits per heavy atom. The Hall–Kier alpha value is -0.570. The van der Waals surface area contributed by atoms with Gasteiger partial charge in [0.2, 0.25) is 0 Å². The van der Waals surface area contributed by atoms with E-state index in [0.29, 0.717) is 6.04 Å². The van der Waals surface area contributed by atoms with Crippen molar-refractivity contribution in [1.82, 2.24) is 4.90 Å². The topological polar surface area (TPSA) is 40.5 Å². The van der Waals surface area contributed by atoms with Crippen molar-refractivity contribution in [3.8, 4) is 0 Å². The number of likely N-dealkylation sites (tertiary alicyclic amines) is 1. The fraction of sp³-hybridized carbons (Fsp3) is 0.875. The first kappa shape index (κ1) is 7.10. The predicted octanol–water partition coefficient (Wildman–Crippen LogP) is 0.555. The highest BCUT2D eigenvalue weighted by molar-refractivity contribution is 5.69. The molecule has 1 heterocycles. The highest BCUT2D eigenvalue weighted by atomic mass is 16.4. The lowest BCUT2D eigenvalue weighted by molar-refractivity contribution is -0.141. The third-order valence-corrected chi connectivity index (χ3v) is 2.90. The van der Waals surface area contributed by atoms with Crippen molar-refractivity contribution in [3.05, 3.63) is 0 Å². The first-order valence-corrected chi connectivity index (χ1v) is 4.23. The van der Waals surface area contributed by atoms with E-state index < -0.39 is 5.97 Å². The standard InChI is InChI=1S/C8H13NO2/c10-8(11)5-9-4-6-2-1-3-7(6)9/h6-7H,1-5H2,(H,10,11).